The van der Waals surface area contributed by atoms with Gasteiger partial charge < -0.3 is 5.32 Å². The minimum Gasteiger partial charge on any atom is -0.355 e. The predicted octanol–water partition coefficient (Wildman–Crippen LogP) is 0.195. The van der Waals surface area contributed by atoms with E-state index in [9.17, 15) is 4.79 Å². The van der Waals surface area contributed by atoms with E-state index in [0.29, 0.717) is 0 Å². The van der Waals surface area contributed by atoms with Crippen LogP contribution in [0.25, 0.3) is 0 Å². The maximum atomic E-state index is 10.6. The van der Waals surface area contributed by atoms with Gasteiger partial charge in [-0.2, -0.15) is 12.6 Å². The Morgan fingerprint density at radius 2 is 2.50 bits per heavy atom. The van der Waals surface area contributed by atoms with Gasteiger partial charge in [0.1, 0.15) is 0 Å². The van der Waals surface area contributed by atoms with Gasteiger partial charge in [0.2, 0.25) is 5.91 Å². The fourth-order valence-electron chi connectivity index (χ4n) is 0.756. The highest BCUT2D eigenvalue weighted by molar-refractivity contribution is 7.81. The van der Waals surface area contributed by atoms with E-state index in [0.717, 1.165) is 19.4 Å². The van der Waals surface area contributed by atoms with Crippen molar-refractivity contribution in [1.82, 2.24) is 5.32 Å². The predicted molar refractivity (Wildman–Crippen MR) is 35.0 cm³/mol. The lowest BCUT2D eigenvalue weighted by Crippen LogP contribution is -2.37. The summed E-state index contributed by atoms with van der Waals surface area (Å²) in [4.78, 5) is 10.6. The highest BCUT2D eigenvalue weighted by Crippen LogP contribution is 2.07. The van der Waals surface area contributed by atoms with E-state index in [2.05, 4.69) is 17.9 Å². The van der Waals surface area contributed by atoms with Crippen LogP contribution in [0.2, 0.25) is 0 Å². The molecule has 2 nitrogen and oxygen atoms in total. The van der Waals surface area contributed by atoms with Crippen molar-refractivity contribution in [1.29, 1.82) is 0 Å². The van der Waals surface area contributed by atoms with Crippen LogP contribution in [-0.4, -0.2) is 17.7 Å². The maximum Gasteiger partial charge on any atom is 0.232 e. The van der Waals surface area contributed by atoms with E-state index >= 15 is 0 Å². The Bertz CT molecular complexity index is 105. The molecule has 0 aromatic rings. The molecule has 0 radical (unpaired) electrons. The van der Waals surface area contributed by atoms with Gasteiger partial charge >= 0.3 is 0 Å². The quantitative estimate of drug-likeness (QED) is 0.452. The van der Waals surface area contributed by atoms with Gasteiger partial charge in [-0.1, -0.05) is 0 Å². The summed E-state index contributed by atoms with van der Waals surface area (Å²) in [6, 6.07) is 0. The van der Waals surface area contributed by atoms with Crippen LogP contribution in [0.1, 0.15) is 12.8 Å². The van der Waals surface area contributed by atoms with E-state index in [1.165, 1.54) is 0 Å². The summed E-state index contributed by atoms with van der Waals surface area (Å²) in [6.07, 6.45) is 1.99. The summed E-state index contributed by atoms with van der Waals surface area (Å²) < 4.78 is 0. The van der Waals surface area contributed by atoms with Gasteiger partial charge in [0.15, 0.2) is 0 Å². The highest BCUT2D eigenvalue weighted by Gasteiger charge is 2.16. The molecule has 46 valence electrons. The SMILES string of the molecule is O=C1NCCCC1S. The zero-order valence-electron chi connectivity index (χ0n) is 4.55. The molecule has 0 aromatic heterocycles. The molecule has 1 amide bonds. The first kappa shape index (κ1) is 5.95. The molecule has 1 fully saturated rings. The summed E-state index contributed by atoms with van der Waals surface area (Å²) in [6.45, 7) is 0.829. The molecule has 1 N–H and O–H groups in total. The average Bonchev–Trinajstić information content (AvgIpc) is 1.77. The van der Waals surface area contributed by atoms with Crippen LogP contribution in [0.15, 0.2) is 0 Å². The molecule has 1 heterocycles. The molecular formula is C5H9NOS. The van der Waals surface area contributed by atoms with Crippen LogP contribution < -0.4 is 5.32 Å². The average molecular weight is 131 g/mol. The molecule has 1 aliphatic heterocycles. The summed E-state index contributed by atoms with van der Waals surface area (Å²) >= 11 is 4.04. The van der Waals surface area contributed by atoms with Crippen LogP contribution in [0.3, 0.4) is 0 Å². The summed E-state index contributed by atoms with van der Waals surface area (Å²) in [5.41, 5.74) is 0. The van der Waals surface area contributed by atoms with E-state index in [1.54, 1.807) is 0 Å². The number of thiol groups is 1. The van der Waals surface area contributed by atoms with Crippen LogP contribution in [0.4, 0.5) is 0 Å². The number of hydrogen-bond acceptors (Lipinski definition) is 2. The van der Waals surface area contributed by atoms with Crippen LogP contribution in [-0.2, 0) is 4.79 Å². The molecule has 1 saturated heterocycles. The van der Waals surface area contributed by atoms with Crippen molar-refractivity contribution in [3.05, 3.63) is 0 Å². The van der Waals surface area contributed by atoms with Crippen LogP contribution >= 0.6 is 12.6 Å². The smallest absolute Gasteiger partial charge is 0.232 e. The fraction of sp³-hybridized carbons (Fsp3) is 0.800. The summed E-state index contributed by atoms with van der Waals surface area (Å²) in [5, 5.41) is 2.66. The molecular weight excluding hydrogens is 122 g/mol. The van der Waals surface area contributed by atoms with Gasteiger partial charge in [0, 0.05) is 6.54 Å². The maximum absolute atomic E-state index is 10.6. The third-order valence-corrected chi connectivity index (χ3v) is 1.75. The normalized spacial score (nSPS) is 29.6. The van der Waals surface area contributed by atoms with E-state index in [-0.39, 0.29) is 11.2 Å². The van der Waals surface area contributed by atoms with Gasteiger partial charge in [-0.05, 0) is 12.8 Å². The van der Waals surface area contributed by atoms with E-state index in [4.69, 9.17) is 0 Å². The number of carbonyl (C=O) groups is 1. The molecule has 0 bridgehead atoms. The Morgan fingerprint density at radius 1 is 1.75 bits per heavy atom. The molecule has 0 aromatic carbocycles. The molecule has 0 saturated carbocycles. The van der Waals surface area contributed by atoms with Crippen molar-refractivity contribution in [2.75, 3.05) is 6.54 Å². The first-order valence-electron chi connectivity index (χ1n) is 2.76. The highest BCUT2D eigenvalue weighted by atomic mass is 32.1. The molecule has 1 unspecified atom stereocenters. The van der Waals surface area contributed by atoms with Crippen molar-refractivity contribution in [3.63, 3.8) is 0 Å². The first-order chi connectivity index (χ1) is 3.80. The summed E-state index contributed by atoms with van der Waals surface area (Å²) in [7, 11) is 0. The number of nitrogens with one attached hydrogen (secondary N) is 1. The lowest BCUT2D eigenvalue weighted by Gasteiger charge is -2.16. The third kappa shape index (κ3) is 1.15. The Hall–Kier alpha value is -0.180. The minimum absolute atomic E-state index is 0.0521. The Morgan fingerprint density at radius 3 is 2.88 bits per heavy atom. The Labute approximate surface area is 54.1 Å². The van der Waals surface area contributed by atoms with Gasteiger partial charge in [-0.3, -0.25) is 4.79 Å². The summed E-state index contributed by atoms with van der Waals surface area (Å²) in [5.74, 6) is 0.0829. The zero-order chi connectivity index (χ0) is 5.98. The van der Waals surface area contributed by atoms with Gasteiger partial charge in [0.05, 0.1) is 5.25 Å². The van der Waals surface area contributed by atoms with Crippen molar-refractivity contribution in [2.24, 2.45) is 0 Å². The fourth-order valence-corrected chi connectivity index (χ4v) is 1.03. The van der Waals surface area contributed by atoms with Crippen LogP contribution in [0, 0.1) is 0 Å². The van der Waals surface area contributed by atoms with Crippen molar-refractivity contribution in [2.45, 2.75) is 18.1 Å². The zero-order valence-corrected chi connectivity index (χ0v) is 5.45. The second-order valence-corrected chi connectivity index (χ2v) is 2.57. The molecule has 3 heteroatoms. The molecule has 1 rings (SSSR count). The molecule has 1 aliphatic rings. The molecule has 0 aliphatic carbocycles. The topological polar surface area (TPSA) is 29.1 Å². The lowest BCUT2D eigenvalue weighted by atomic mass is 10.1. The first-order valence-corrected chi connectivity index (χ1v) is 3.28. The van der Waals surface area contributed by atoms with Gasteiger partial charge in [0.25, 0.3) is 0 Å². The largest absolute Gasteiger partial charge is 0.355 e. The number of rotatable bonds is 0. The van der Waals surface area contributed by atoms with Crippen LogP contribution in [0.5, 0.6) is 0 Å². The van der Waals surface area contributed by atoms with Crippen molar-refractivity contribution < 1.29 is 4.79 Å². The van der Waals surface area contributed by atoms with E-state index in [1.807, 2.05) is 0 Å². The Balaban J connectivity index is 2.39. The number of carbonyl (C=O) groups excluding carboxylic acids is 1. The van der Waals surface area contributed by atoms with Crippen molar-refractivity contribution >= 4 is 18.5 Å². The second kappa shape index (κ2) is 2.40. The lowest BCUT2D eigenvalue weighted by molar-refractivity contribution is -0.121. The van der Waals surface area contributed by atoms with Gasteiger partial charge in [-0.15, -0.1) is 0 Å². The number of piperidine rings is 1. The number of amides is 1. The molecule has 1 atom stereocenters. The molecule has 0 spiro atoms. The second-order valence-electron chi connectivity index (χ2n) is 1.95. The van der Waals surface area contributed by atoms with Gasteiger partial charge in [-0.25, -0.2) is 0 Å². The van der Waals surface area contributed by atoms with E-state index < -0.39 is 0 Å². The minimum atomic E-state index is -0.0521. The standard InChI is InChI=1S/C5H9NOS/c7-5-4(8)2-1-3-6-5/h4,8H,1-3H2,(H,6,7). The third-order valence-electron chi connectivity index (χ3n) is 1.26. The number of hydrogen-bond donors (Lipinski definition) is 2. The Kier molecular flexibility index (Phi) is 1.78. The van der Waals surface area contributed by atoms with Crippen molar-refractivity contribution in [3.8, 4) is 0 Å². The molecule has 8 heavy (non-hydrogen) atoms. The monoisotopic (exact) mass is 131 g/mol.